The Balaban J connectivity index is 1.94. The van der Waals surface area contributed by atoms with E-state index in [2.05, 4.69) is 5.10 Å². The number of fused-ring (bicyclic) bond motifs is 2. The largest absolute Gasteiger partial charge is 0.692 e. The van der Waals surface area contributed by atoms with E-state index in [1.165, 1.54) is 23.0 Å². The summed E-state index contributed by atoms with van der Waals surface area (Å²) in [6.07, 6.45) is 1.11. The van der Waals surface area contributed by atoms with E-state index in [0.717, 1.165) is 17.0 Å². The summed E-state index contributed by atoms with van der Waals surface area (Å²) >= 11 is 0. The van der Waals surface area contributed by atoms with Crippen LogP contribution in [0.2, 0.25) is 0 Å². The fourth-order valence-electron chi connectivity index (χ4n) is 2.68. The molecule has 120 valence electrons. The molecule has 7 heteroatoms. The van der Waals surface area contributed by atoms with Crippen molar-refractivity contribution in [3.05, 3.63) is 65.9 Å². The normalized spacial score (nSPS) is 12.0. The highest BCUT2D eigenvalue weighted by Crippen LogP contribution is 2.19. The Bertz CT molecular complexity index is 1200. The van der Waals surface area contributed by atoms with Crippen molar-refractivity contribution < 1.29 is 13.3 Å². The van der Waals surface area contributed by atoms with Crippen molar-refractivity contribution in [2.24, 2.45) is 0 Å². The molecule has 0 aliphatic rings. The molecule has 0 aliphatic carbocycles. The third-order valence-corrected chi connectivity index (χ3v) is 5.03. The number of sulfone groups is 1. The van der Waals surface area contributed by atoms with E-state index in [-0.39, 0.29) is 10.4 Å². The van der Waals surface area contributed by atoms with Gasteiger partial charge in [-0.25, -0.2) is 8.42 Å². The number of hydrogen-bond donors (Lipinski definition) is 0. The molecule has 0 amide bonds. The Labute approximate surface area is 138 Å². The van der Waals surface area contributed by atoms with Gasteiger partial charge >= 0.3 is 0 Å². The number of hydrogen-bond acceptors (Lipinski definition) is 4. The van der Waals surface area contributed by atoms with E-state index < -0.39 is 9.84 Å². The zero-order chi connectivity index (χ0) is 16.9. The van der Waals surface area contributed by atoms with Crippen LogP contribution in [0.3, 0.4) is 0 Å². The fourth-order valence-corrected chi connectivity index (χ4v) is 3.32. The zero-order valence-corrected chi connectivity index (χ0v) is 13.6. The number of benzene rings is 3. The maximum atomic E-state index is 12.6. The van der Waals surface area contributed by atoms with Crippen LogP contribution in [0, 0.1) is 5.21 Å². The zero-order valence-electron chi connectivity index (χ0n) is 12.7. The second-order valence-electron chi connectivity index (χ2n) is 5.62. The molecule has 0 saturated carbocycles. The molecular formula is C17H13N3O3S. The lowest BCUT2D eigenvalue weighted by atomic mass is 10.1. The molecule has 24 heavy (non-hydrogen) atoms. The molecule has 6 nitrogen and oxygen atoms in total. The van der Waals surface area contributed by atoms with Crippen LogP contribution in [0.5, 0.6) is 0 Å². The molecule has 0 fully saturated rings. The van der Waals surface area contributed by atoms with Crippen LogP contribution in [0.25, 0.3) is 27.5 Å². The van der Waals surface area contributed by atoms with Crippen molar-refractivity contribution in [2.45, 2.75) is 4.90 Å². The van der Waals surface area contributed by atoms with Crippen molar-refractivity contribution in [1.82, 2.24) is 9.90 Å². The van der Waals surface area contributed by atoms with Gasteiger partial charge in [-0.05, 0) is 39.8 Å². The first-order valence-corrected chi connectivity index (χ1v) is 9.14. The molecule has 1 heterocycles. The summed E-state index contributed by atoms with van der Waals surface area (Å²) in [4.78, 5) is 1.93. The standard InChI is InChI=1S/C17H13N3O3S/c1-24(22,23)15-8-9-16-17(11-15)20(21)19(18-16)14-7-6-12-4-2-3-5-13(12)10-14/h2-11H,1H3. The van der Waals surface area contributed by atoms with Crippen molar-refractivity contribution in [1.29, 1.82) is 0 Å². The van der Waals surface area contributed by atoms with Gasteiger partial charge in [-0.2, -0.15) is 0 Å². The highest BCUT2D eigenvalue weighted by Gasteiger charge is 2.19. The van der Waals surface area contributed by atoms with Crippen LogP contribution in [-0.4, -0.2) is 24.6 Å². The lowest BCUT2D eigenvalue weighted by Crippen LogP contribution is -2.37. The van der Waals surface area contributed by atoms with Crippen LogP contribution in [0.1, 0.15) is 0 Å². The Hall–Kier alpha value is -2.93. The minimum absolute atomic E-state index is 0.0951. The number of rotatable bonds is 2. The van der Waals surface area contributed by atoms with Gasteiger partial charge in [0.25, 0.3) is 0 Å². The molecule has 4 rings (SSSR count). The van der Waals surface area contributed by atoms with Gasteiger partial charge in [0.2, 0.25) is 11.0 Å². The molecule has 0 aliphatic heterocycles. The Morgan fingerprint density at radius 1 is 1.00 bits per heavy atom. The highest BCUT2D eigenvalue weighted by atomic mass is 32.2. The molecule has 3 aromatic carbocycles. The first kappa shape index (κ1) is 14.6. The average molecular weight is 339 g/mol. The molecule has 0 spiro atoms. The summed E-state index contributed by atoms with van der Waals surface area (Å²) in [5.74, 6) is 0. The fraction of sp³-hybridized carbons (Fsp3) is 0.0588. The van der Waals surface area contributed by atoms with Gasteiger partial charge in [0.15, 0.2) is 9.84 Å². The van der Waals surface area contributed by atoms with Gasteiger partial charge in [0.1, 0.15) is 5.69 Å². The summed E-state index contributed by atoms with van der Waals surface area (Å²) < 4.78 is 23.3. The van der Waals surface area contributed by atoms with Gasteiger partial charge in [-0.15, -0.1) is 4.85 Å². The van der Waals surface area contributed by atoms with Crippen LogP contribution >= 0.6 is 0 Å². The summed E-state index contributed by atoms with van der Waals surface area (Å²) in [7, 11) is -3.38. The second kappa shape index (κ2) is 5.04. The number of nitrogens with zero attached hydrogens (tertiary/aromatic N) is 3. The molecular weight excluding hydrogens is 326 g/mol. The molecule has 1 aromatic heterocycles. The van der Waals surface area contributed by atoms with Crippen molar-refractivity contribution >= 4 is 31.6 Å². The molecule has 0 saturated heterocycles. The maximum absolute atomic E-state index is 12.6. The van der Waals surface area contributed by atoms with E-state index in [4.69, 9.17) is 0 Å². The predicted molar refractivity (Wildman–Crippen MR) is 90.6 cm³/mol. The van der Waals surface area contributed by atoms with E-state index in [1.54, 1.807) is 6.07 Å². The van der Waals surface area contributed by atoms with Gasteiger partial charge in [-0.1, -0.05) is 30.3 Å². The van der Waals surface area contributed by atoms with Gasteiger partial charge in [0.05, 0.1) is 9.99 Å². The monoisotopic (exact) mass is 339 g/mol. The minimum atomic E-state index is -3.38. The van der Waals surface area contributed by atoms with Crippen LogP contribution in [0.4, 0.5) is 0 Å². The lowest BCUT2D eigenvalue weighted by Gasteiger charge is -2.05. The van der Waals surface area contributed by atoms with Crippen LogP contribution in [-0.2, 0) is 9.84 Å². The Kier molecular flexibility index (Phi) is 3.07. The van der Waals surface area contributed by atoms with E-state index in [1.807, 2.05) is 36.4 Å². The first-order chi connectivity index (χ1) is 11.4. The Morgan fingerprint density at radius 2 is 1.75 bits per heavy atom. The van der Waals surface area contributed by atoms with E-state index in [0.29, 0.717) is 16.0 Å². The van der Waals surface area contributed by atoms with Gasteiger partial charge in [0, 0.05) is 12.3 Å². The van der Waals surface area contributed by atoms with E-state index >= 15 is 0 Å². The summed E-state index contributed by atoms with van der Waals surface area (Å²) in [5, 5.41) is 18.9. The van der Waals surface area contributed by atoms with Crippen LogP contribution in [0.15, 0.2) is 65.6 Å². The molecule has 4 aromatic rings. The Morgan fingerprint density at radius 3 is 2.50 bits per heavy atom. The quantitative estimate of drug-likeness (QED) is 0.414. The van der Waals surface area contributed by atoms with Gasteiger partial charge < -0.3 is 5.21 Å². The van der Waals surface area contributed by atoms with E-state index in [9.17, 15) is 13.6 Å². The summed E-state index contributed by atoms with van der Waals surface area (Å²) in [6, 6.07) is 17.8. The highest BCUT2D eigenvalue weighted by molar-refractivity contribution is 7.90. The summed E-state index contributed by atoms with van der Waals surface area (Å²) in [6.45, 7) is 0. The molecule has 0 unspecified atom stereocenters. The smallest absolute Gasteiger partial charge is 0.250 e. The average Bonchev–Trinajstić information content (AvgIpc) is 2.90. The van der Waals surface area contributed by atoms with Crippen LogP contribution < -0.4 is 4.85 Å². The molecule has 0 bridgehead atoms. The van der Waals surface area contributed by atoms with Crippen molar-refractivity contribution in [3.63, 3.8) is 0 Å². The molecule has 0 radical (unpaired) electrons. The van der Waals surface area contributed by atoms with Crippen molar-refractivity contribution in [2.75, 3.05) is 6.26 Å². The minimum Gasteiger partial charge on any atom is -0.692 e. The first-order valence-electron chi connectivity index (χ1n) is 7.25. The maximum Gasteiger partial charge on any atom is 0.250 e. The SMILES string of the molecule is CS(=O)(=O)c1ccc2nn(-c3ccc4ccccc4c3)[n+]([O-])c2c1. The third-order valence-electron chi connectivity index (χ3n) is 3.92. The lowest BCUT2D eigenvalue weighted by molar-refractivity contribution is -0.664. The van der Waals surface area contributed by atoms with Crippen molar-refractivity contribution in [3.8, 4) is 5.69 Å². The topological polar surface area (TPSA) is 78.9 Å². The second-order valence-corrected chi connectivity index (χ2v) is 7.63. The summed E-state index contributed by atoms with van der Waals surface area (Å²) in [5.41, 5.74) is 1.26. The third kappa shape index (κ3) is 2.30. The molecule has 0 atom stereocenters. The number of aromatic nitrogens is 3. The van der Waals surface area contributed by atoms with Gasteiger partial charge in [-0.3, -0.25) is 0 Å². The predicted octanol–water partition coefficient (Wildman–Crippen LogP) is 2.22. The molecule has 0 N–H and O–H groups in total.